The molecule has 0 bridgehead atoms. The second kappa shape index (κ2) is 6.41. The van der Waals surface area contributed by atoms with Gasteiger partial charge in [0.05, 0.1) is 5.41 Å². The molecule has 2 fully saturated rings. The Morgan fingerprint density at radius 3 is 2.96 bits per heavy atom. The van der Waals surface area contributed by atoms with Crippen LogP contribution < -0.4 is 4.74 Å². The number of ether oxygens (including phenoxy) is 1. The molecular formula is C20H25N3O3. The molecule has 2 atom stereocenters. The van der Waals surface area contributed by atoms with Gasteiger partial charge in [0.25, 0.3) is 5.91 Å². The molecule has 0 radical (unpaired) electrons. The first-order valence-electron chi connectivity index (χ1n) is 9.26. The van der Waals surface area contributed by atoms with E-state index in [1.165, 1.54) is 0 Å². The molecule has 138 valence electrons. The van der Waals surface area contributed by atoms with Crippen LogP contribution in [0.15, 0.2) is 22.6 Å². The number of aryl methyl sites for hydroxylation is 3. The minimum atomic E-state index is -0.170. The van der Waals surface area contributed by atoms with Crippen molar-refractivity contribution in [1.29, 1.82) is 0 Å². The summed E-state index contributed by atoms with van der Waals surface area (Å²) in [6.07, 6.45) is 3.25. The maximum Gasteiger partial charge on any atom is 0.260 e. The van der Waals surface area contributed by atoms with Crippen LogP contribution in [0.25, 0.3) is 0 Å². The van der Waals surface area contributed by atoms with Crippen molar-refractivity contribution in [1.82, 2.24) is 15.1 Å². The maximum absolute atomic E-state index is 12.8. The Hall–Kier alpha value is -2.37. The van der Waals surface area contributed by atoms with Crippen molar-refractivity contribution in [2.75, 3.05) is 19.7 Å². The molecule has 1 amide bonds. The molecule has 1 aromatic carbocycles. The Kier molecular flexibility index (Phi) is 4.21. The summed E-state index contributed by atoms with van der Waals surface area (Å²) in [7, 11) is 0. The van der Waals surface area contributed by atoms with Gasteiger partial charge in [-0.2, -0.15) is 0 Å². The number of hydrogen-bond donors (Lipinski definition) is 0. The molecule has 26 heavy (non-hydrogen) atoms. The summed E-state index contributed by atoms with van der Waals surface area (Å²) in [6.45, 7) is 7.28. The molecule has 1 aliphatic carbocycles. The largest absolute Gasteiger partial charge is 0.483 e. The van der Waals surface area contributed by atoms with Crippen LogP contribution in [0.3, 0.4) is 0 Å². The van der Waals surface area contributed by atoms with E-state index in [4.69, 9.17) is 9.15 Å². The zero-order valence-electron chi connectivity index (χ0n) is 15.6. The van der Waals surface area contributed by atoms with Gasteiger partial charge < -0.3 is 14.1 Å². The zero-order chi connectivity index (χ0) is 18.3. The third kappa shape index (κ3) is 2.87. The fraction of sp³-hybridized carbons (Fsp3) is 0.550. The van der Waals surface area contributed by atoms with Crippen LogP contribution in [0.5, 0.6) is 5.75 Å². The van der Waals surface area contributed by atoms with Crippen LogP contribution in [0, 0.1) is 26.7 Å². The number of likely N-dealkylation sites (tertiary alicyclic amines) is 1. The average Bonchev–Trinajstić information content (AvgIpc) is 3.29. The quantitative estimate of drug-likeness (QED) is 0.843. The summed E-state index contributed by atoms with van der Waals surface area (Å²) in [5.74, 6) is 2.48. The lowest BCUT2D eigenvalue weighted by Gasteiger charge is -2.24. The van der Waals surface area contributed by atoms with E-state index in [0.717, 1.165) is 42.7 Å². The molecule has 0 unspecified atom stereocenters. The number of fused-ring (bicyclic) bond motifs is 1. The highest BCUT2D eigenvalue weighted by Gasteiger charge is 2.55. The summed E-state index contributed by atoms with van der Waals surface area (Å²) < 4.78 is 11.6. The topological polar surface area (TPSA) is 68.5 Å². The van der Waals surface area contributed by atoms with Gasteiger partial charge in [0.15, 0.2) is 6.61 Å². The van der Waals surface area contributed by atoms with Crippen molar-refractivity contribution in [2.24, 2.45) is 5.92 Å². The number of aromatic nitrogens is 2. The third-order valence-corrected chi connectivity index (χ3v) is 5.87. The predicted octanol–water partition coefficient (Wildman–Crippen LogP) is 2.95. The minimum absolute atomic E-state index is 0.0240. The highest BCUT2D eigenvalue weighted by atomic mass is 16.5. The molecule has 1 saturated heterocycles. The maximum atomic E-state index is 12.8. The summed E-state index contributed by atoms with van der Waals surface area (Å²) in [4.78, 5) is 14.7. The van der Waals surface area contributed by atoms with E-state index in [-0.39, 0.29) is 17.9 Å². The summed E-state index contributed by atoms with van der Waals surface area (Å²) in [5.41, 5.74) is 2.00. The zero-order valence-corrected chi connectivity index (χ0v) is 15.6. The van der Waals surface area contributed by atoms with Crippen LogP contribution in [0.4, 0.5) is 0 Å². The van der Waals surface area contributed by atoms with E-state index in [1.54, 1.807) is 0 Å². The van der Waals surface area contributed by atoms with Gasteiger partial charge >= 0.3 is 0 Å². The fourth-order valence-corrected chi connectivity index (χ4v) is 4.42. The molecule has 1 aromatic heterocycles. The van der Waals surface area contributed by atoms with Crippen molar-refractivity contribution in [3.63, 3.8) is 0 Å². The van der Waals surface area contributed by atoms with Gasteiger partial charge in [0.2, 0.25) is 11.8 Å². The van der Waals surface area contributed by atoms with Crippen LogP contribution >= 0.6 is 0 Å². The lowest BCUT2D eigenvalue weighted by atomic mass is 9.80. The average molecular weight is 355 g/mol. The Balaban J connectivity index is 1.46. The van der Waals surface area contributed by atoms with E-state index < -0.39 is 0 Å². The summed E-state index contributed by atoms with van der Waals surface area (Å²) >= 11 is 0. The fourth-order valence-electron chi connectivity index (χ4n) is 4.42. The third-order valence-electron chi connectivity index (χ3n) is 5.87. The standard InChI is InChI=1S/C20H25N3O3/c1-13-6-7-14(2)17(9-13)25-11-18(24)23-10-16-5-4-8-20(16,12-23)19-22-21-15(3)26-19/h6-7,9,16H,4-5,8,10-12H2,1-3H3/t16-,20-/m0/s1. The predicted molar refractivity (Wildman–Crippen MR) is 96.0 cm³/mol. The number of carbonyl (C=O) groups is 1. The summed E-state index contributed by atoms with van der Waals surface area (Å²) in [5, 5.41) is 8.29. The Bertz CT molecular complexity index is 831. The van der Waals surface area contributed by atoms with Gasteiger partial charge in [-0.25, -0.2) is 0 Å². The van der Waals surface area contributed by atoms with Crippen molar-refractivity contribution in [3.8, 4) is 5.75 Å². The second-order valence-electron chi connectivity index (χ2n) is 7.70. The number of amides is 1. The monoisotopic (exact) mass is 355 g/mol. The lowest BCUT2D eigenvalue weighted by Crippen LogP contribution is -2.37. The molecule has 2 aliphatic rings. The molecule has 6 heteroatoms. The molecule has 2 heterocycles. The highest BCUT2D eigenvalue weighted by Crippen LogP contribution is 2.49. The number of rotatable bonds is 4. The van der Waals surface area contributed by atoms with E-state index in [0.29, 0.717) is 24.2 Å². The van der Waals surface area contributed by atoms with E-state index >= 15 is 0 Å². The van der Waals surface area contributed by atoms with Gasteiger partial charge in [-0.15, -0.1) is 10.2 Å². The smallest absolute Gasteiger partial charge is 0.260 e. The van der Waals surface area contributed by atoms with Gasteiger partial charge in [0, 0.05) is 20.0 Å². The second-order valence-corrected chi connectivity index (χ2v) is 7.70. The molecule has 1 aliphatic heterocycles. The SMILES string of the molecule is Cc1ccc(C)c(OCC(=O)N2C[C@@H]3CCC[C@]3(c3nnc(C)o3)C2)c1. The Labute approximate surface area is 153 Å². The molecule has 0 spiro atoms. The highest BCUT2D eigenvalue weighted by molar-refractivity contribution is 5.78. The van der Waals surface area contributed by atoms with E-state index in [1.807, 2.05) is 43.9 Å². The molecule has 0 N–H and O–H groups in total. The normalized spacial score (nSPS) is 24.7. The molecule has 1 saturated carbocycles. The van der Waals surface area contributed by atoms with Gasteiger partial charge in [-0.1, -0.05) is 18.6 Å². The molecule has 2 aromatic rings. The van der Waals surface area contributed by atoms with E-state index in [9.17, 15) is 4.79 Å². The van der Waals surface area contributed by atoms with Gasteiger partial charge in [0.1, 0.15) is 5.75 Å². The first-order chi connectivity index (χ1) is 12.5. The minimum Gasteiger partial charge on any atom is -0.483 e. The van der Waals surface area contributed by atoms with Crippen LogP contribution in [0.1, 0.15) is 42.2 Å². The van der Waals surface area contributed by atoms with Crippen LogP contribution in [0.2, 0.25) is 0 Å². The number of carbonyl (C=O) groups excluding carboxylic acids is 1. The van der Waals surface area contributed by atoms with Gasteiger partial charge in [-0.05, 0) is 49.8 Å². The number of hydrogen-bond acceptors (Lipinski definition) is 5. The molecule has 6 nitrogen and oxygen atoms in total. The van der Waals surface area contributed by atoms with Crippen molar-refractivity contribution < 1.29 is 13.9 Å². The lowest BCUT2D eigenvalue weighted by molar-refractivity contribution is -0.132. The van der Waals surface area contributed by atoms with E-state index in [2.05, 4.69) is 10.2 Å². The summed E-state index contributed by atoms with van der Waals surface area (Å²) in [6, 6.07) is 6.04. The van der Waals surface area contributed by atoms with Crippen molar-refractivity contribution in [3.05, 3.63) is 41.1 Å². The van der Waals surface area contributed by atoms with Crippen LogP contribution in [-0.2, 0) is 10.2 Å². The Morgan fingerprint density at radius 2 is 2.19 bits per heavy atom. The number of nitrogens with zero attached hydrogens (tertiary/aromatic N) is 3. The van der Waals surface area contributed by atoms with Gasteiger partial charge in [-0.3, -0.25) is 4.79 Å². The Morgan fingerprint density at radius 1 is 1.35 bits per heavy atom. The number of benzene rings is 1. The van der Waals surface area contributed by atoms with Crippen molar-refractivity contribution in [2.45, 2.75) is 45.4 Å². The van der Waals surface area contributed by atoms with Crippen molar-refractivity contribution >= 4 is 5.91 Å². The molecular weight excluding hydrogens is 330 g/mol. The first kappa shape index (κ1) is 17.1. The molecule has 4 rings (SSSR count). The first-order valence-corrected chi connectivity index (χ1v) is 9.26. The van der Waals surface area contributed by atoms with Crippen LogP contribution in [-0.4, -0.2) is 40.7 Å².